The van der Waals surface area contributed by atoms with Crippen molar-refractivity contribution in [1.29, 1.82) is 0 Å². The van der Waals surface area contributed by atoms with Gasteiger partial charge in [0.15, 0.2) is 11.5 Å². The molecule has 0 saturated heterocycles. The van der Waals surface area contributed by atoms with Crippen LogP contribution in [-0.2, 0) is 19.4 Å². The SMILES string of the molecule is COc1cc(-c2cnnc(NCc3nc4c(s3)CCCC4)n2)cc(OC)c1OC. The standard InChI is InChI=1S/C20H23N5O3S/c1-26-15-8-12(9-16(27-2)19(15)28-3)14-10-22-25-20(24-14)21-11-18-23-13-6-4-5-7-17(13)29-18/h8-10H,4-7,11H2,1-3H3,(H,21,24,25). The number of aromatic nitrogens is 4. The third-order valence-electron chi connectivity index (χ3n) is 4.81. The third-order valence-corrected chi connectivity index (χ3v) is 5.96. The number of nitrogens with zero attached hydrogens (tertiary/aromatic N) is 4. The number of rotatable bonds is 7. The molecule has 1 N–H and O–H groups in total. The molecule has 1 aliphatic carbocycles. The number of hydrogen-bond acceptors (Lipinski definition) is 9. The second kappa shape index (κ2) is 8.60. The van der Waals surface area contributed by atoms with Gasteiger partial charge in [0.05, 0.1) is 45.5 Å². The van der Waals surface area contributed by atoms with Crippen molar-refractivity contribution in [3.05, 3.63) is 33.9 Å². The van der Waals surface area contributed by atoms with E-state index in [4.69, 9.17) is 19.2 Å². The Hall–Kier alpha value is -2.94. The van der Waals surface area contributed by atoms with E-state index in [9.17, 15) is 0 Å². The largest absolute Gasteiger partial charge is 0.493 e. The van der Waals surface area contributed by atoms with Crippen LogP contribution in [0.15, 0.2) is 18.3 Å². The molecule has 2 heterocycles. The maximum atomic E-state index is 5.42. The number of hydrogen-bond donors (Lipinski definition) is 1. The minimum absolute atomic E-state index is 0.449. The molecule has 4 rings (SSSR count). The highest BCUT2D eigenvalue weighted by Gasteiger charge is 2.17. The molecule has 0 amide bonds. The average molecular weight is 414 g/mol. The van der Waals surface area contributed by atoms with E-state index >= 15 is 0 Å². The molecule has 0 atom stereocenters. The molecule has 3 aromatic rings. The predicted molar refractivity (Wildman–Crippen MR) is 111 cm³/mol. The van der Waals surface area contributed by atoms with E-state index in [1.54, 1.807) is 38.9 Å². The van der Waals surface area contributed by atoms with Gasteiger partial charge in [0, 0.05) is 10.4 Å². The van der Waals surface area contributed by atoms with Crippen LogP contribution in [0.25, 0.3) is 11.3 Å². The average Bonchev–Trinajstić information content (AvgIpc) is 3.20. The van der Waals surface area contributed by atoms with Gasteiger partial charge in [0.1, 0.15) is 5.01 Å². The number of anilines is 1. The van der Waals surface area contributed by atoms with Crippen LogP contribution in [0.2, 0.25) is 0 Å². The van der Waals surface area contributed by atoms with Crippen molar-refractivity contribution in [2.24, 2.45) is 0 Å². The monoisotopic (exact) mass is 413 g/mol. The van der Waals surface area contributed by atoms with Crippen LogP contribution in [0, 0.1) is 0 Å². The van der Waals surface area contributed by atoms with Gasteiger partial charge in [-0.05, 0) is 37.8 Å². The van der Waals surface area contributed by atoms with Crippen molar-refractivity contribution in [3.63, 3.8) is 0 Å². The molecule has 0 fully saturated rings. The summed E-state index contributed by atoms with van der Waals surface area (Å²) in [4.78, 5) is 10.7. The lowest BCUT2D eigenvalue weighted by atomic mass is 10.0. The first-order chi connectivity index (χ1) is 14.2. The molecule has 0 bridgehead atoms. The van der Waals surface area contributed by atoms with Gasteiger partial charge in [0.2, 0.25) is 11.7 Å². The number of fused-ring (bicyclic) bond motifs is 1. The van der Waals surface area contributed by atoms with Crippen LogP contribution in [0.4, 0.5) is 5.95 Å². The van der Waals surface area contributed by atoms with E-state index in [1.807, 2.05) is 12.1 Å². The van der Waals surface area contributed by atoms with Gasteiger partial charge in [0.25, 0.3) is 0 Å². The van der Waals surface area contributed by atoms with Crippen LogP contribution in [0.3, 0.4) is 0 Å². The molecule has 8 nitrogen and oxygen atoms in total. The lowest BCUT2D eigenvalue weighted by Gasteiger charge is -2.14. The number of benzene rings is 1. The Morgan fingerprint density at radius 2 is 1.76 bits per heavy atom. The summed E-state index contributed by atoms with van der Waals surface area (Å²) in [5.41, 5.74) is 2.70. The number of ether oxygens (including phenoxy) is 3. The summed E-state index contributed by atoms with van der Waals surface area (Å²) in [6.07, 6.45) is 6.32. The van der Waals surface area contributed by atoms with Crippen molar-refractivity contribution >= 4 is 17.3 Å². The molecule has 0 spiro atoms. The molecule has 0 aliphatic heterocycles. The van der Waals surface area contributed by atoms with Gasteiger partial charge in [-0.1, -0.05) is 0 Å². The van der Waals surface area contributed by atoms with Crippen molar-refractivity contribution in [3.8, 4) is 28.5 Å². The van der Waals surface area contributed by atoms with Gasteiger partial charge in [-0.15, -0.1) is 16.4 Å². The fourth-order valence-corrected chi connectivity index (χ4v) is 4.48. The Morgan fingerprint density at radius 1 is 1.00 bits per heavy atom. The van der Waals surface area contributed by atoms with Gasteiger partial charge >= 0.3 is 0 Å². The molecule has 9 heteroatoms. The van der Waals surface area contributed by atoms with Crippen molar-refractivity contribution in [2.75, 3.05) is 26.6 Å². The summed E-state index contributed by atoms with van der Waals surface area (Å²) in [5, 5.41) is 12.5. The highest BCUT2D eigenvalue weighted by molar-refractivity contribution is 7.11. The topological polar surface area (TPSA) is 91.3 Å². The molecular weight excluding hydrogens is 390 g/mol. The molecule has 0 unspecified atom stereocenters. The zero-order valence-electron chi connectivity index (χ0n) is 16.7. The first kappa shape index (κ1) is 19.4. The summed E-state index contributed by atoms with van der Waals surface area (Å²) in [7, 11) is 4.74. The predicted octanol–water partition coefficient (Wildman–Crippen LogP) is 3.51. The van der Waals surface area contributed by atoms with Gasteiger partial charge in [-0.3, -0.25) is 0 Å². The van der Waals surface area contributed by atoms with Crippen LogP contribution in [-0.4, -0.2) is 41.5 Å². The van der Waals surface area contributed by atoms with Crippen LogP contribution < -0.4 is 19.5 Å². The normalized spacial score (nSPS) is 12.9. The number of aryl methyl sites for hydroxylation is 2. The Labute approximate surface area is 173 Å². The first-order valence-corrected chi connectivity index (χ1v) is 10.2. The summed E-state index contributed by atoms with van der Waals surface area (Å²) in [6.45, 7) is 0.581. The number of thiazole rings is 1. The molecule has 2 aromatic heterocycles. The zero-order chi connectivity index (χ0) is 20.2. The Kier molecular flexibility index (Phi) is 5.75. The third kappa shape index (κ3) is 4.09. The molecule has 1 aromatic carbocycles. The maximum Gasteiger partial charge on any atom is 0.243 e. The Bertz CT molecular complexity index is 959. The summed E-state index contributed by atoms with van der Waals surface area (Å²) in [6, 6.07) is 3.67. The van der Waals surface area contributed by atoms with Crippen molar-refractivity contribution < 1.29 is 14.2 Å². The molecular formula is C20H23N5O3S. The lowest BCUT2D eigenvalue weighted by Crippen LogP contribution is -2.05. The summed E-state index contributed by atoms with van der Waals surface area (Å²) in [5.74, 6) is 2.10. The van der Waals surface area contributed by atoms with E-state index in [0.717, 1.165) is 23.4 Å². The highest BCUT2D eigenvalue weighted by atomic mass is 32.1. The molecule has 1 aliphatic rings. The quantitative estimate of drug-likeness (QED) is 0.629. The minimum atomic E-state index is 0.449. The van der Waals surface area contributed by atoms with Crippen LogP contribution in [0.5, 0.6) is 17.2 Å². The summed E-state index contributed by atoms with van der Waals surface area (Å²) < 4.78 is 16.2. The van der Waals surface area contributed by atoms with E-state index in [-0.39, 0.29) is 0 Å². The van der Waals surface area contributed by atoms with Crippen LogP contribution >= 0.6 is 11.3 Å². The van der Waals surface area contributed by atoms with Gasteiger partial charge < -0.3 is 19.5 Å². The van der Waals surface area contributed by atoms with E-state index in [1.165, 1.54) is 23.4 Å². The zero-order valence-corrected chi connectivity index (χ0v) is 17.5. The fourth-order valence-electron chi connectivity index (χ4n) is 3.38. The minimum Gasteiger partial charge on any atom is -0.493 e. The lowest BCUT2D eigenvalue weighted by molar-refractivity contribution is 0.324. The number of nitrogens with one attached hydrogen (secondary N) is 1. The Morgan fingerprint density at radius 3 is 2.45 bits per heavy atom. The maximum absolute atomic E-state index is 5.42. The second-order valence-corrected chi connectivity index (χ2v) is 7.79. The van der Waals surface area contributed by atoms with Crippen LogP contribution in [0.1, 0.15) is 28.4 Å². The highest BCUT2D eigenvalue weighted by Crippen LogP contribution is 2.40. The smallest absolute Gasteiger partial charge is 0.243 e. The van der Waals surface area contributed by atoms with E-state index < -0.39 is 0 Å². The van der Waals surface area contributed by atoms with E-state index in [2.05, 4.69) is 20.5 Å². The fraction of sp³-hybridized carbons (Fsp3) is 0.400. The summed E-state index contributed by atoms with van der Waals surface area (Å²) >= 11 is 1.77. The molecule has 29 heavy (non-hydrogen) atoms. The second-order valence-electron chi connectivity index (χ2n) is 6.62. The van der Waals surface area contributed by atoms with Crippen molar-refractivity contribution in [2.45, 2.75) is 32.2 Å². The van der Waals surface area contributed by atoms with Gasteiger partial charge in [-0.25, -0.2) is 9.97 Å². The number of methoxy groups -OCH3 is 3. The molecule has 0 saturated carbocycles. The van der Waals surface area contributed by atoms with Crippen molar-refractivity contribution in [1.82, 2.24) is 20.2 Å². The van der Waals surface area contributed by atoms with Gasteiger partial charge in [-0.2, -0.15) is 5.10 Å². The van der Waals surface area contributed by atoms with E-state index in [0.29, 0.717) is 35.4 Å². The first-order valence-electron chi connectivity index (χ1n) is 9.43. The molecule has 0 radical (unpaired) electrons. The Balaban J connectivity index is 1.55. The molecule has 152 valence electrons.